The summed E-state index contributed by atoms with van der Waals surface area (Å²) in [5.74, 6) is 1.89. The smallest absolute Gasteiger partial charge is 0.305 e. The molecule has 30 heavy (non-hydrogen) atoms. The van der Waals surface area contributed by atoms with Gasteiger partial charge in [-0.15, -0.1) is 0 Å². The summed E-state index contributed by atoms with van der Waals surface area (Å²) in [7, 11) is 1.45. The summed E-state index contributed by atoms with van der Waals surface area (Å²) in [5.41, 5.74) is 2.99. The number of carbonyl (C=O) groups is 1. The Labute approximate surface area is 183 Å². The summed E-state index contributed by atoms with van der Waals surface area (Å²) in [4.78, 5) is 11.2. The molecule has 3 nitrogen and oxygen atoms in total. The van der Waals surface area contributed by atoms with Crippen molar-refractivity contribution in [3.63, 3.8) is 0 Å². The van der Waals surface area contributed by atoms with Crippen LogP contribution in [0, 0.1) is 11.8 Å². The molecule has 1 aliphatic carbocycles. The molecule has 1 saturated heterocycles. The summed E-state index contributed by atoms with van der Waals surface area (Å²) in [6.07, 6.45) is 18.6. The molecule has 1 aromatic carbocycles. The topological polar surface area (TPSA) is 35.5 Å². The molecular weight excluding hydrogens is 372 g/mol. The van der Waals surface area contributed by atoms with Crippen LogP contribution in [0.25, 0.3) is 0 Å². The fraction of sp³-hybridized carbons (Fsp3) is 0.667. The Balaban J connectivity index is 1.52. The fourth-order valence-electron chi connectivity index (χ4n) is 5.14. The minimum absolute atomic E-state index is 0.118. The van der Waals surface area contributed by atoms with Crippen molar-refractivity contribution in [2.24, 2.45) is 11.8 Å². The third-order valence-corrected chi connectivity index (χ3v) is 6.95. The summed E-state index contributed by atoms with van der Waals surface area (Å²) >= 11 is 0. The Kier molecular flexibility index (Phi) is 9.95. The second-order valence-electron chi connectivity index (χ2n) is 9.21. The van der Waals surface area contributed by atoms with Crippen LogP contribution < -0.4 is 0 Å². The van der Waals surface area contributed by atoms with E-state index in [4.69, 9.17) is 9.47 Å². The van der Waals surface area contributed by atoms with Crippen LogP contribution in [-0.4, -0.2) is 26.3 Å². The van der Waals surface area contributed by atoms with Gasteiger partial charge in [0.05, 0.1) is 13.7 Å². The first-order valence-electron chi connectivity index (χ1n) is 12.1. The highest BCUT2D eigenvalue weighted by molar-refractivity contribution is 5.69. The quantitative estimate of drug-likeness (QED) is 0.260. The number of hydrogen-bond donors (Lipinski definition) is 0. The van der Waals surface area contributed by atoms with Crippen molar-refractivity contribution < 1.29 is 14.3 Å². The monoisotopic (exact) mass is 412 g/mol. The highest BCUT2D eigenvalue weighted by Crippen LogP contribution is 2.35. The average molecular weight is 413 g/mol. The lowest BCUT2D eigenvalue weighted by Crippen LogP contribution is -2.16. The molecule has 1 aliphatic heterocycles. The third kappa shape index (κ3) is 7.58. The number of unbranched alkanes of at least 4 members (excludes halogenated alkanes) is 1. The SMILES string of the molecule is COC(=O)CCC/C=C\C[C@H]1COCCC[C@@H]1c1ccc(CC2CCCCC2)cc1. The number of hydrogen-bond acceptors (Lipinski definition) is 3. The van der Waals surface area contributed by atoms with E-state index in [-0.39, 0.29) is 5.97 Å². The molecule has 1 saturated carbocycles. The molecule has 0 spiro atoms. The van der Waals surface area contributed by atoms with Crippen LogP contribution in [0.3, 0.4) is 0 Å². The second kappa shape index (κ2) is 12.9. The second-order valence-corrected chi connectivity index (χ2v) is 9.21. The summed E-state index contributed by atoms with van der Waals surface area (Å²) in [5, 5.41) is 0. The summed E-state index contributed by atoms with van der Waals surface area (Å²) < 4.78 is 10.6. The predicted octanol–water partition coefficient (Wildman–Crippen LogP) is 6.61. The van der Waals surface area contributed by atoms with Crippen LogP contribution in [0.5, 0.6) is 0 Å². The van der Waals surface area contributed by atoms with Crippen molar-refractivity contribution in [2.45, 2.75) is 83.0 Å². The van der Waals surface area contributed by atoms with Gasteiger partial charge in [-0.3, -0.25) is 4.79 Å². The van der Waals surface area contributed by atoms with Crippen LogP contribution in [0.4, 0.5) is 0 Å². The van der Waals surface area contributed by atoms with Gasteiger partial charge in [0, 0.05) is 13.0 Å². The Morgan fingerprint density at radius 1 is 1.07 bits per heavy atom. The molecule has 1 heterocycles. The van der Waals surface area contributed by atoms with E-state index in [0.29, 0.717) is 18.3 Å². The highest BCUT2D eigenvalue weighted by Gasteiger charge is 2.25. The van der Waals surface area contributed by atoms with Gasteiger partial charge in [-0.2, -0.15) is 0 Å². The van der Waals surface area contributed by atoms with Crippen molar-refractivity contribution >= 4 is 5.97 Å². The molecular formula is C27H40O3. The normalized spacial score (nSPS) is 23.4. The molecule has 0 radical (unpaired) electrons. The lowest BCUT2D eigenvalue weighted by atomic mass is 9.80. The minimum atomic E-state index is -0.118. The summed E-state index contributed by atoms with van der Waals surface area (Å²) in [6.45, 7) is 1.73. The van der Waals surface area contributed by atoms with Crippen LogP contribution in [0.15, 0.2) is 36.4 Å². The first-order chi connectivity index (χ1) is 14.8. The van der Waals surface area contributed by atoms with E-state index >= 15 is 0 Å². The van der Waals surface area contributed by atoms with Gasteiger partial charge in [-0.25, -0.2) is 0 Å². The molecule has 0 N–H and O–H groups in total. The number of methoxy groups -OCH3 is 1. The number of rotatable bonds is 9. The van der Waals surface area contributed by atoms with Gasteiger partial charge in [-0.05, 0) is 67.4 Å². The Hall–Kier alpha value is -1.61. The molecule has 0 amide bonds. The van der Waals surface area contributed by atoms with Crippen molar-refractivity contribution in [3.8, 4) is 0 Å². The highest BCUT2D eigenvalue weighted by atomic mass is 16.5. The zero-order valence-electron chi connectivity index (χ0n) is 18.8. The average Bonchev–Trinajstić information content (AvgIpc) is 3.03. The Morgan fingerprint density at radius 3 is 2.63 bits per heavy atom. The van der Waals surface area contributed by atoms with Gasteiger partial charge in [0.2, 0.25) is 0 Å². The molecule has 2 atom stereocenters. The van der Waals surface area contributed by atoms with Gasteiger partial charge in [0.15, 0.2) is 0 Å². The predicted molar refractivity (Wildman–Crippen MR) is 123 cm³/mol. The fourth-order valence-corrected chi connectivity index (χ4v) is 5.14. The molecule has 0 aromatic heterocycles. The van der Waals surface area contributed by atoms with Gasteiger partial charge in [-0.1, -0.05) is 68.5 Å². The molecule has 166 valence electrons. The maximum absolute atomic E-state index is 11.2. The zero-order valence-corrected chi connectivity index (χ0v) is 18.8. The van der Waals surface area contributed by atoms with E-state index < -0.39 is 0 Å². The number of carbonyl (C=O) groups excluding carboxylic acids is 1. The van der Waals surface area contributed by atoms with Crippen LogP contribution in [0.1, 0.15) is 87.7 Å². The third-order valence-electron chi connectivity index (χ3n) is 6.95. The largest absolute Gasteiger partial charge is 0.469 e. The number of allylic oxidation sites excluding steroid dienone is 2. The van der Waals surface area contributed by atoms with Crippen molar-refractivity contribution in [1.29, 1.82) is 0 Å². The molecule has 0 unspecified atom stereocenters. The van der Waals surface area contributed by atoms with Gasteiger partial charge in [0.1, 0.15) is 0 Å². The van der Waals surface area contributed by atoms with E-state index in [9.17, 15) is 4.79 Å². The van der Waals surface area contributed by atoms with Crippen LogP contribution >= 0.6 is 0 Å². The molecule has 2 aliphatic rings. The maximum Gasteiger partial charge on any atom is 0.305 e. The van der Waals surface area contributed by atoms with E-state index in [0.717, 1.165) is 44.8 Å². The van der Waals surface area contributed by atoms with E-state index in [1.807, 2.05) is 0 Å². The number of benzene rings is 1. The molecule has 3 rings (SSSR count). The van der Waals surface area contributed by atoms with Crippen molar-refractivity contribution in [3.05, 3.63) is 47.5 Å². The maximum atomic E-state index is 11.2. The first-order valence-corrected chi connectivity index (χ1v) is 12.1. The van der Waals surface area contributed by atoms with Gasteiger partial charge < -0.3 is 9.47 Å². The van der Waals surface area contributed by atoms with Crippen molar-refractivity contribution in [2.75, 3.05) is 20.3 Å². The standard InChI is InChI=1S/C27H40O3/c1-29-27(28)14-8-3-2-7-12-25-21-30-19-9-13-26(25)24-17-15-23(16-18-24)20-22-10-5-4-6-11-22/h2,7,15-18,22,25-26H,3-6,8-14,19-21H2,1H3/b7-2-/t25-,26+/m0/s1. The molecule has 0 bridgehead atoms. The van der Waals surface area contributed by atoms with Crippen LogP contribution in [-0.2, 0) is 20.7 Å². The Morgan fingerprint density at radius 2 is 1.87 bits per heavy atom. The molecule has 2 fully saturated rings. The van der Waals surface area contributed by atoms with Gasteiger partial charge in [0.25, 0.3) is 0 Å². The first kappa shape index (κ1) is 23.1. The Bertz CT molecular complexity index is 643. The number of esters is 1. The number of ether oxygens (including phenoxy) is 2. The van der Waals surface area contributed by atoms with E-state index in [1.165, 1.54) is 63.2 Å². The molecule has 3 heteroatoms. The lowest BCUT2D eigenvalue weighted by Gasteiger charge is -2.25. The summed E-state index contributed by atoms with van der Waals surface area (Å²) in [6, 6.07) is 9.55. The van der Waals surface area contributed by atoms with E-state index in [1.54, 1.807) is 0 Å². The molecule has 1 aromatic rings. The minimum Gasteiger partial charge on any atom is -0.469 e. The zero-order chi connectivity index (χ0) is 21.0. The lowest BCUT2D eigenvalue weighted by molar-refractivity contribution is -0.140. The van der Waals surface area contributed by atoms with Crippen LogP contribution in [0.2, 0.25) is 0 Å². The van der Waals surface area contributed by atoms with Crippen molar-refractivity contribution in [1.82, 2.24) is 0 Å². The van der Waals surface area contributed by atoms with E-state index in [2.05, 4.69) is 36.4 Å². The van der Waals surface area contributed by atoms with Gasteiger partial charge >= 0.3 is 5.97 Å².